The molecule has 0 aliphatic heterocycles. The lowest BCUT2D eigenvalue weighted by Gasteiger charge is -2.15. The van der Waals surface area contributed by atoms with Crippen LogP contribution in [0.5, 0.6) is 0 Å². The minimum absolute atomic E-state index is 0.221. The van der Waals surface area contributed by atoms with Gasteiger partial charge >= 0.3 is 11.9 Å². The predicted octanol–water partition coefficient (Wildman–Crippen LogP) is 6.24. The fourth-order valence-corrected chi connectivity index (χ4v) is 2.69. The van der Waals surface area contributed by atoms with Gasteiger partial charge in [0.1, 0.15) is 12.7 Å². The molecular formula is C24H38O4. The van der Waals surface area contributed by atoms with Gasteiger partial charge < -0.3 is 9.47 Å². The van der Waals surface area contributed by atoms with E-state index in [4.69, 9.17) is 9.47 Å². The summed E-state index contributed by atoms with van der Waals surface area (Å²) in [6.45, 7) is 13.6. The van der Waals surface area contributed by atoms with Crippen molar-refractivity contribution in [3.63, 3.8) is 0 Å². The van der Waals surface area contributed by atoms with Crippen LogP contribution in [0.3, 0.4) is 0 Å². The van der Waals surface area contributed by atoms with Gasteiger partial charge in [-0.3, -0.25) is 9.59 Å². The zero-order chi connectivity index (χ0) is 21.5. The summed E-state index contributed by atoms with van der Waals surface area (Å²) in [6, 6.07) is 0. The third-order valence-corrected chi connectivity index (χ3v) is 4.15. The van der Waals surface area contributed by atoms with Crippen molar-refractivity contribution in [2.45, 2.75) is 86.7 Å². The zero-order valence-corrected chi connectivity index (χ0v) is 18.8. The highest BCUT2D eigenvalue weighted by Crippen LogP contribution is 2.16. The Morgan fingerprint density at radius 1 is 0.750 bits per heavy atom. The van der Waals surface area contributed by atoms with Crippen LogP contribution in [0.25, 0.3) is 0 Å². The Hall–Kier alpha value is -2.10. The van der Waals surface area contributed by atoms with Crippen molar-refractivity contribution in [2.24, 2.45) is 0 Å². The number of ether oxygens (including phenoxy) is 2. The Balaban J connectivity index is 4.68. The Morgan fingerprint density at radius 2 is 1.36 bits per heavy atom. The van der Waals surface area contributed by atoms with Crippen LogP contribution in [0.4, 0.5) is 0 Å². The van der Waals surface area contributed by atoms with E-state index in [1.165, 1.54) is 36.1 Å². The number of allylic oxidation sites excluding steroid dienone is 5. The topological polar surface area (TPSA) is 52.6 Å². The zero-order valence-electron chi connectivity index (χ0n) is 18.8. The summed E-state index contributed by atoms with van der Waals surface area (Å²) in [5, 5.41) is 0. The fraction of sp³-hybridized carbons (Fsp3) is 0.583. The molecule has 0 aromatic carbocycles. The lowest BCUT2D eigenvalue weighted by Crippen LogP contribution is -2.14. The summed E-state index contributed by atoms with van der Waals surface area (Å²) in [7, 11) is 0. The lowest BCUT2D eigenvalue weighted by molar-refractivity contribution is -0.144. The van der Waals surface area contributed by atoms with Gasteiger partial charge in [0.2, 0.25) is 0 Å². The van der Waals surface area contributed by atoms with E-state index in [0.717, 1.165) is 25.7 Å². The van der Waals surface area contributed by atoms with Crippen LogP contribution in [-0.4, -0.2) is 24.6 Å². The van der Waals surface area contributed by atoms with Gasteiger partial charge in [0.25, 0.3) is 0 Å². The molecule has 0 unspecified atom stereocenters. The SMILES string of the molecule is CC(=O)OC/C=C(\C)CC/C=C(\C)C[C@H](/C=C(\C)CCC=C(C)C)OC(C)=O. The molecule has 0 fully saturated rings. The number of rotatable bonds is 12. The monoisotopic (exact) mass is 390 g/mol. The Bertz CT molecular complexity index is 617. The van der Waals surface area contributed by atoms with Crippen LogP contribution in [0, 0.1) is 0 Å². The highest BCUT2D eigenvalue weighted by Gasteiger charge is 2.10. The first kappa shape index (κ1) is 25.9. The Kier molecular flexibility index (Phi) is 13.8. The molecule has 0 aromatic rings. The molecule has 4 heteroatoms. The van der Waals surface area contributed by atoms with Crippen LogP contribution < -0.4 is 0 Å². The first-order valence-electron chi connectivity index (χ1n) is 10.0. The number of esters is 2. The molecule has 0 spiro atoms. The molecule has 0 rings (SSSR count). The molecular weight excluding hydrogens is 352 g/mol. The van der Waals surface area contributed by atoms with E-state index in [0.29, 0.717) is 13.0 Å². The van der Waals surface area contributed by atoms with Crippen molar-refractivity contribution in [3.8, 4) is 0 Å². The van der Waals surface area contributed by atoms with Crippen LogP contribution in [0.2, 0.25) is 0 Å². The molecule has 158 valence electrons. The molecule has 4 nitrogen and oxygen atoms in total. The molecule has 0 saturated heterocycles. The fourth-order valence-electron chi connectivity index (χ4n) is 2.69. The summed E-state index contributed by atoms with van der Waals surface area (Å²) in [5.41, 5.74) is 4.95. The smallest absolute Gasteiger partial charge is 0.303 e. The molecule has 28 heavy (non-hydrogen) atoms. The van der Waals surface area contributed by atoms with Gasteiger partial charge in [-0.05, 0) is 72.5 Å². The third kappa shape index (κ3) is 16.1. The van der Waals surface area contributed by atoms with E-state index in [1.54, 1.807) is 0 Å². The largest absolute Gasteiger partial charge is 0.462 e. The van der Waals surface area contributed by atoms with E-state index in [9.17, 15) is 9.59 Å². The van der Waals surface area contributed by atoms with Crippen molar-refractivity contribution < 1.29 is 19.1 Å². The normalized spacial score (nSPS) is 13.8. The predicted molar refractivity (Wildman–Crippen MR) is 116 cm³/mol. The van der Waals surface area contributed by atoms with Gasteiger partial charge in [0, 0.05) is 20.3 Å². The van der Waals surface area contributed by atoms with Crippen LogP contribution in [-0.2, 0) is 19.1 Å². The second-order valence-corrected chi connectivity index (χ2v) is 7.63. The number of carbonyl (C=O) groups is 2. The molecule has 0 bridgehead atoms. The van der Waals surface area contributed by atoms with E-state index in [2.05, 4.69) is 45.9 Å². The lowest BCUT2D eigenvalue weighted by atomic mass is 10.0. The van der Waals surface area contributed by atoms with Gasteiger partial charge in [-0.2, -0.15) is 0 Å². The minimum atomic E-state index is -0.263. The van der Waals surface area contributed by atoms with Gasteiger partial charge in [-0.25, -0.2) is 0 Å². The molecule has 0 aliphatic rings. The first-order chi connectivity index (χ1) is 13.1. The second-order valence-electron chi connectivity index (χ2n) is 7.63. The van der Waals surface area contributed by atoms with Crippen LogP contribution >= 0.6 is 0 Å². The summed E-state index contributed by atoms with van der Waals surface area (Å²) in [6.07, 6.45) is 12.7. The van der Waals surface area contributed by atoms with E-state index in [-0.39, 0.29) is 18.0 Å². The molecule has 0 heterocycles. The summed E-state index contributed by atoms with van der Waals surface area (Å²) in [5.74, 6) is -0.518. The van der Waals surface area contributed by atoms with Crippen LogP contribution in [0.1, 0.15) is 80.6 Å². The van der Waals surface area contributed by atoms with Crippen molar-refractivity contribution in [1.29, 1.82) is 0 Å². The van der Waals surface area contributed by atoms with Crippen molar-refractivity contribution in [1.82, 2.24) is 0 Å². The number of hydrogen-bond acceptors (Lipinski definition) is 4. The van der Waals surface area contributed by atoms with E-state index >= 15 is 0 Å². The average Bonchev–Trinajstić information content (AvgIpc) is 2.53. The number of carbonyl (C=O) groups excluding carboxylic acids is 2. The van der Waals surface area contributed by atoms with Crippen molar-refractivity contribution in [3.05, 3.63) is 46.6 Å². The molecule has 0 amide bonds. The van der Waals surface area contributed by atoms with Crippen molar-refractivity contribution >= 4 is 11.9 Å². The third-order valence-electron chi connectivity index (χ3n) is 4.15. The maximum atomic E-state index is 11.4. The maximum Gasteiger partial charge on any atom is 0.303 e. The van der Waals surface area contributed by atoms with Crippen molar-refractivity contribution in [2.75, 3.05) is 6.61 Å². The molecule has 0 N–H and O–H groups in total. The molecule has 0 aromatic heterocycles. The summed E-state index contributed by atoms with van der Waals surface area (Å²) < 4.78 is 10.4. The molecule has 0 aliphatic carbocycles. The molecule has 0 saturated carbocycles. The Labute approximate surface area is 171 Å². The summed E-state index contributed by atoms with van der Waals surface area (Å²) >= 11 is 0. The maximum absolute atomic E-state index is 11.4. The van der Waals surface area contributed by atoms with Crippen LogP contribution in [0.15, 0.2) is 46.6 Å². The van der Waals surface area contributed by atoms with E-state index in [1.807, 2.05) is 13.0 Å². The molecule has 0 radical (unpaired) electrons. The first-order valence-corrected chi connectivity index (χ1v) is 10.0. The standard InChI is InChI=1S/C24H38O4/c1-18(2)10-8-12-20(4)16-24(28-23(7)26)17-21(5)13-9-11-19(3)14-15-27-22(6)25/h10,13-14,16,24H,8-9,11-12,15,17H2,1-7H3/b19-14+,20-16+,21-13+/t24-/m0/s1. The van der Waals surface area contributed by atoms with Gasteiger partial charge in [-0.1, -0.05) is 34.4 Å². The average molecular weight is 391 g/mol. The number of hydrogen-bond donors (Lipinski definition) is 0. The summed E-state index contributed by atoms with van der Waals surface area (Å²) in [4.78, 5) is 22.2. The highest BCUT2D eigenvalue weighted by atomic mass is 16.5. The van der Waals surface area contributed by atoms with Gasteiger partial charge in [0.05, 0.1) is 0 Å². The van der Waals surface area contributed by atoms with Gasteiger partial charge in [-0.15, -0.1) is 0 Å². The van der Waals surface area contributed by atoms with E-state index < -0.39 is 0 Å². The molecule has 1 atom stereocenters. The second kappa shape index (κ2) is 14.9. The Morgan fingerprint density at radius 3 is 1.93 bits per heavy atom. The quantitative estimate of drug-likeness (QED) is 0.292. The highest BCUT2D eigenvalue weighted by molar-refractivity contribution is 5.66. The van der Waals surface area contributed by atoms with Gasteiger partial charge in [0.15, 0.2) is 0 Å². The minimum Gasteiger partial charge on any atom is -0.462 e.